The van der Waals surface area contributed by atoms with Gasteiger partial charge < -0.3 is 0 Å². The van der Waals surface area contributed by atoms with Crippen LogP contribution in [-0.2, 0) is 0 Å². The molecule has 0 rings (SSSR count). The molecule has 0 atom stereocenters. The molecule has 0 bridgehead atoms. The number of halogens is 1. The van der Waals surface area contributed by atoms with Crippen molar-refractivity contribution in [3.05, 3.63) is 11.1 Å². The van der Waals surface area contributed by atoms with Gasteiger partial charge in [0.05, 0.1) is 7.85 Å². The largest absolute Gasteiger partial charge is 0.0896 e. The predicted octanol–water partition coefficient (Wildman–Crippen LogP) is 1.48. The minimum Gasteiger partial charge on any atom is -0.0896 e. The van der Waals surface area contributed by atoms with Gasteiger partial charge in [-0.3, -0.25) is 0 Å². The number of allylic oxidation sites excluding steroid dienone is 1. The van der Waals surface area contributed by atoms with Crippen LogP contribution in [0.3, 0.4) is 0 Å². The SMILES string of the molecule is [B]CC(=C)Br. The molecule has 26 valence electrons. The van der Waals surface area contributed by atoms with Crippen LogP contribution in [0.4, 0.5) is 0 Å². The highest BCUT2D eigenvalue weighted by Gasteiger charge is 1.70. The Morgan fingerprint density at radius 3 is 2.20 bits per heavy atom. The Balaban J connectivity index is 2.85. The monoisotopic (exact) mass is 130 g/mol. The van der Waals surface area contributed by atoms with Crippen LogP contribution in [0.2, 0.25) is 6.32 Å². The molecule has 0 aliphatic carbocycles. The molecule has 0 fully saturated rings. The van der Waals surface area contributed by atoms with E-state index in [-0.39, 0.29) is 0 Å². The van der Waals surface area contributed by atoms with E-state index in [9.17, 15) is 0 Å². The second-order valence-corrected chi connectivity index (χ2v) is 1.84. The molecular formula is C3H4BBr. The standard InChI is InChI=1S/C3H4BBr/c1-3(5)2-4/h1-2H2. The van der Waals surface area contributed by atoms with Crippen molar-refractivity contribution in [2.75, 3.05) is 0 Å². The van der Waals surface area contributed by atoms with Gasteiger partial charge in [-0.25, -0.2) is 0 Å². The van der Waals surface area contributed by atoms with Crippen molar-refractivity contribution in [2.24, 2.45) is 0 Å². The first kappa shape index (κ1) is 5.28. The Kier molecular flexibility index (Phi) is 2.66. The van der Waals surface area contributed by atoms with Gasteiger partial charge in [-0.1, -0.05) is 28.8 Å². The van der Waals surface area contributed by atoms with Crippen LogP contribution in [0, 0.1) is 0 Å². The van der Waals surface area contributed by atoms with E-state index in [1.54, 1.807) is 0 Å². The zero-order valence-electron chi connectivity index (χ0n) is 2.87. The van der Waals surface area contributed by atoms with E-state index in [1.165, 1.54) is 0 Å². The zero-order chi connectivity index (χ0) is 4.28. The van der Waals surface area contributed by atoms with Crippen molar-refractivity contribution < 1.29 is 0 Å². The molecule has 0 aromatic carbocycles. The third-order valence-electron chi connectivity index (χ3n) is 0.221. The quantitative estimate of drug-likeness (QED) is 0.472. The zero-order valence-corrected chi connectivity index (χ0v) is 4.46. The summed E-state index contributed by atoms with van der Waals surface area (Å²) in [5.41, 5.74) is 0. The molecule has 0 saturated heterocycles. The fourth-order valence-electron chi connectivity index (χ4n) is 0. The van der Waals surface area contributed by atoms with Crippen molar-refractivity contribution in [1.82, 2.24) is 0 Å². The van der Waals surface area contributed by atoms with Gasteiger partial charge in [-0.05, 0) is 4.48 Å². The summed E-state index contributed by atoms with van der Waals surface area (Å²) in [6.07, 6.45) is 0.528. The molecular weight excluding hydrogens is 127 g/mol. The molecule has 0 aliphatic heterocycles. The van der Waals surface area contributed by atoms with Gasteiger partial charge in [-0.2, -0.15) is 0 Å². The van der Waals surface area contributed by atoms with E-state index in [2.05, 4.69) is 22.5 Å². The third kappa shape index (κ3) is 4.28. The van der Waals surface area contributed by atoms with Crippen LogP contribution in [0.1, 0.15) is 0 Å². The lowest BCUT2D eigenvalue weighted by molar-refractivity contribution is 1.72. The minimum absolute atomic E-state index is 0.528. The van der Waals surface area contributed by atoms with Crippen LogP contribution >= 0.6 is 15.9 Å². The molecule has 0 unspecified atom stereocenters. The van der Waals surface area contributed by atoms with E-state index in [1.807, 2.05) is 0 Å². The van der Waals surface area contributed by atoms with Gasteiger partial charge in [0, 0.05) is 0 Å². The molecule has 5 heavy (non-hydrogen) atoms. The van der Waals surface area contributed by atoms with Gasteiger partial charge >= 0.3 is 0 Å². The second kappa shape index (κ2) is 2.52. The van der Waals surface area contributed by atoms with Gasteiger partial charge in [0.25, 0.3) is 0 Å². The van der Waals surface area contributed by atoms with Crippen LogP contribution in [0.5, 0.6) is 0 Å². The van der Waals surface area contributed by atoms with Gasteiger partial charge in [0.1, 0.15) is 0 Å². The van der Waals surface area contributed by atoms with Crippen LogP contribution in [0.15, 0.2) is 11.1 Å². The van der Waals surface area contributed by atoms with E-state index in [4.69, 9.17) is 7.85 Å². The Morgan fingerprint density at radius 2 is 2.20 bits per heavy atom. The number of hydrogen-bond acceptors (Lipinski definition) is 0. The van der Waals surface area contributed by atoms with Gasteiger partial charge in [-0.15, -0.1) is 0 Å². The summed E-state index contributed by atoms with van der Waals surface area (Å²) in [4.78, 5) is 0. The fraction of sp³-hybridized carbons (Fsp3) is 0.333. The predicted molar refractivity (Wildman–Crippen MR) is 28.6 cm³/mol. The van der Waals surface area contributed by atoms with E-state index in [0.717, 1.165) is 4.48 Å². The van der Waals surface area contributed by atoms with E-state index in [0.29, 0.717) is 6.32 Å². The van der Waals surface area contributed by atoms with Crippen LogP contribution in [-0.4, -0.2) is 7.85 Å². The Bertz CT molecular complexity index is 42.2. The maximum atomic E-state index is 5.02. The third-order valence-corrected chi connectivity index (χ3v) is 0.545. The highest BCUT2D eigenvalue weighted by atomic mass is 79.9. The van der Waals surface area contributed by atoms with Crippen molar-refractivity contribution in [2.45, 2.75) is 6.32 Å². The summed E-state index contributed by atoms with van der Waals surface area (Å²) in [7, 11) is 5.02. The molecule has 0 aromatic heterocycles. The number of hydrogen-bond donors (Lipinski definition) is 0. The molecule has 0 nitrogen and oxygen atoms in total. The topological polar surface area (TPSA) is 0 Å². The maximum Gasteiger partial charge on any atom is 0.0723 e. The van der Waals surface area contributed by atoms with Crippen LogP contribution in [0.25, 0.3) is 0 Å². The molecule has 0 heterocycles. The van der Waals surface area contributed by atoms with Crippen molar-refractivity contribution >= 4 is 23.8 Å². The van der Waals surface area contributed by atoms with Gasteiger partial charge in [0.2, 0.25) is 0 Å². The Labute approximate surface area is 41.8 Å². The molecule has 0 spiro atoms. The normalized spacial score (nSPS) is 7.40. The highest BCUT2D eigenvalue weighted by molar-refractivity contribution is 9.11. The first-order valence-corrected chi connectivity index (χ1v) is 2.10. The first-order valence-electron chi connectivity index (χ1n) is 1.30. The lowest BCUT2D eigenvalue weighted by Crippen LogP contribution is -1.58. The maximum absolute atomic E-state index is 5.02. The molecule has 0 aliphatic rings. The summed E-state index contributed by atoms with van der Waals surface area (Å²) >= 11 is 3.05. The molecule has 0 N–H and O–H groups in total. The fourth-order valence-corrected chi connectivity index (χ4v) is 0. The smallest absolute Gasteiger partial charge is 0.0723 e. The van der Waals surface area contributed by atoms with Crippen molar-refractivity contribution in [3.8, 4) is 0 Å². The van der Waals surface area contributed by atoms with Crippen molar-refractivity contribution in [3.63, 3.8) is 0 Å². The van der Waals surface area contributed by atoms with Gasteiger partial charge in [0.15, 0.2) is 0 Å². The first-order chi connectivity index (χ1) is 2.27. The molecule has 0 saturated carbocycles. The second-order valence-electron chi connectivity index (χ2n) is 0.721. The summed E-state index contributed by atoms with van der Waals surface area (Å²) in [6.45, 7) is 3.47. The summed E-state index contributed by atoms with van der Waals surface area (Å²) in [5.74, 6) is 0. The Hall–Kier alpha value is 0.285. The minimum atomic E-state index is 0.528. The van der Waals surface area contributed by atoms with E-state index < -0.39 is 0 Å². The molecule has 0 aromatic rings. The van der Waals surface area contributed by atoms with Crippen LogP contribution < -0.4 is 0 Å². The number of rotatable bonds is 1. The lowest BCUT2D eigenvalue weighted by atomic mass is 10.1. The lowest BCUT2D eigenvalue weighted by Gasteiger charge is -1.76. The molecule has 2 heteroatoms. The summed E-state index contributed by atoms with van der Waals surface area (Å²) in [6, 6.07) is 0. The summed E-state index contributed by atoms with van der Waals surface area (Å²) in [5, 5.41) is 0. The average Bonchev–Trinajstić information content (AvgIpc) is 1.38. The average molecular weight is 131 g/mol. The Morgan fingerprint density at radius 1 is 2.00 bits per heavy atom. The summed E-state index contributed by atoms with van der Waals surface area (Å²) < 4.78 is 0.845. The molecule has 0 amide bonds. The highest BCUT2D eigenvalue weighted by Crippen LogP contribution is 2.01. The van der Waals surface area contributed by atoms with Crippen molar-refractivity contribution in [1.29, 1.82) is 0 Å². The van der Waals surface area contributed by atoms with E-state index >= 15 is 0 Å². The molecule has 2 radical (unpaired) electrons.